The molecular formula is C27H31FN4O4. The van der Waals surface area contributed by atoms with Crippen LogP contribution < -0.4 is 10.6 Å². The van der Waals surface area contributed by atoms with E-state index in [-0.39, 0.29) is 35.9 Å². The van der Waals surface area contributed by atoms with Crippen LogP contribution in [0.5, 0.6) is 0 Å². The van der Waals surface area contributed by atoms with Gasteiger partial charge in [-0.3, -0.25) is 24.6 Å². The van der Waals surface area contributed by atoms with Crippen LogP contribution in [0.4, 0.5) is 10.1 Å². The maximum absolute atomic E-state index is 16.1. The van der Waals surface area contributed by atoms with Crippen molar-refractivity contribution in [3.05, 3.63) is 64.5 Å². The number of nitrogens with zero attached hydrogens (tertiary/aromatic N) is 2. The van der Waals surface area contributed by atoms with E-state index in [2.05, 4.69) is 5.32 Å². The molecule has 0 radical (unpaired) electrons. The van der Waals surface area contributed by atoms with Crippen LogP contribution in [-0.4, -0.2) is 58.9 Å². The molecule has 3 unspecified atom stereocenters. The number of nitrogens with one attached hydrogen (secondary N) is 2. The van der Waals surface area contributed by atoms with Crippen LogP contribution in [0.1, 0.15) is 67.3 Å². The number of fused-ring (bicyclic) bond motifs is 1. The maximum Gasteiger partial charge on any atom is 0.255 e. The highest BCUT2D eigenvalue weighted by Crippen LogP contribution is 2.32. The van der Waals surface area contributed by atoms with Crippen molar-refractivity contribution in [1.29, 1.82) is 0 Å². The van der Waals surface area contributed by atoms with Gasteiger partial charge in [0, 0.05) is 75.1 Å². The highest BCUT2D eigenvalue weighted by atomic mass is 19.1. The molecule has 0 aliphatic carbocycles. The van der Waals surface area contributed by atoms with Crippen molar-refractivity contribution in [2.75, 3.05) is 18.4 Å². The van der Waals surface area contributed by atoms with Crippen molar-refractivity contribution in [1.82, 2.24) is 15.1 Å². The molecule has 9 heteroatoms. The topological polar surface area (TPSA) is 91.0 Å². The monoisotopic (exact) mass is 504 g/mol. The third-order valence-electron chi connectivity index (χ3n) is 5.84. The van der Waals surface area contributed by atoms with Gasteiger partial charge in [0.25, 0.3) is 5.91 Å². The Morgan fingerprint density at radius 1 is 1.14 bits per heavy atom. The summed E-state index contributed by atoms with van der Waals surface area (Å²) in [6.45, 7) is -4.47. The number of hydrogen-bond donors (Lipinski definition) is 2. The second-order valence-electron chi connectivity index (χ2n) is 8.70. The summed E-state index contributed by atoms with van der Waals surface area (Å²) in [5.41, 5.74) is -2.39. The van der Waals surface area contributed by atoms with Crippen molar-refractivity contribution in [3.63, 3.8) is 0 Å². The number of hydrogen-bond acceptors (Lipinski definition) is 6. The molecular weight excluding hydrogens is 463 g/mol. The predicted molar refractivity (Wildman–Crippen MR) is 131 cm³/mol. The number of anilines is 1. The molecule has 2 saturated heterocycles. The number of benzene rings is 2. The van der Waals surface area contributed by atoms with Crippen molar-refractivity contribution in [2.24, 2.45) is 0 Å². The van der Waals surface area contributed by atoms with Gasteiger partial charge in [0.15, 0.2) is 0 Å². The molecule has 3 aliphatic heterocycles. The first-order valence-corrected chi connectivity index (χ1v) is 11.4. The average molecular weight is 505 g/mol. The lowest BCUT2D eigenvalue weighted by Crippen LogP contribution is -2.52. The Morgan fingerprint density at radius 2 is 1.86 bits per heavy atom. The molecule has 0 spiro atoms. The molecule has 2 fully saturated rings. The van der Waals surface area contributed by atoms with Gasteiger partial charge in [-0.05, 0) is 32.4 Å². The number of amides is 3. The van der Waals surface area contributed by atoms with Gasteiger partial charge in [-0.2, -0.15) is 0 Å². The minimum absolute atomic E-state index is 0.147. The molecule has 190 valence electrons. The van der Waals surface area contributed by atoms with Crippen molar-refractivity contribution in [3.8, 4) is 0 Å². The molecule has 2 N–H and O–H groups in total. The fraction of sp³-hybridized carbons (Fsp3) is 0.444. The first kappa shape index (κ1) is 15.1. The Kier molecular flexibility index (Phi) is 4.18. The summed E-state index contributed by atoms with van der Waals surface area (Å²) in [5, 5.41) is 4.05. The van der Waals surface area contributed by atoms with E-state index in [1.165, 1.54) is 29.2 Å². The smallest absolute Gasteiger partial charge is 0.255 e. The quantitative estimate of drug-likeness (QED) is 0.588. The maximum atomic E-state index is 16.1. The minimum Gasteiger partial charge on any atom is -0.381 e. The molecule has 2 aromatic rings. The number of rotatable bonds is 6. The van der Waals surface area contributed by atoms with Crippen LogP contribution >= 0.6 is 0 Å². The number of morpholine rings is 1. The van der Waals surface area contributed by atoms with Crippen LogP contribution in [0.2, 0.25) is 0 Å². The van der Waals surface area contributed by atoms with E-state index in [1.54, 1.807) is 19.2 Å². The Hall–Kier alpha value is -3.30. The molecule has 5 rings (SSSR count). The Balaban J connectivity index is 1.53. The van der Waals surface area contributed by atoms with E-state index in [1.807, 2.05) is 0 Å². The first-order valence-electron chi connectivity index (χ1n) is 16.4. The van der Waals surface area contributed by atoms with Gasteiger partial charge in [0.2, 0.25) is 11.8 Å². The molecule has 3 amide bonds. The normalized spacial score (nSPS) is 33.7. The number of carbonyl (C=O) groups is 3. The van der Waals surface area contributed by atoms with Gasteiger partial charge in [-0.15, -0.1) is 0 Å². The van der Waals surface area contributed by atoms with Gasteiger partial charge in [-0.1, -0.05) is 24.3 Å². The SMILES string of the molecule is [2H]C([2H])(Nc1cccc2c1C([2H])([2H])N(C1C(=O)NC(=O)C([2H])([2H])C1([2H])[2H])C2=O)c1cccc(C([2H])([2H])N2CC(C)OC(C)C2)c1F. The van der Waals surface area contributed by atoms with E-state index >= 15 is 4.39 Å². The summed E-state index contributed by atoms with van der Waals surface area (Å²) in [4.78, 5) is 40.0. The molecule has 3 heterocycles. The molecule has 3 aliphatic rings. The molecule has 36 heavy (non-hydrogen) atoms. The molecule has 0 bridgehead atoms. The van der Waals surface area contributed by atoms with E-state index < -0.39 is 84.1 Å². The highest BCUT2D eigenvalue weighted by Gasteiger charge is 2.39. The number of piperidine rings is 1. The Morgan fingerprint density at radius 3 is 2.64 bits per heavy atom. The Labute approximate surface area is 223 Å². The van der Waals surface area contributed by atoms with Crippen LogP contribution in [0.15, 0.2) is 36.4 Å². The number of ether oxygens (including phenoxy) is 1. The number of halogens is 1. The lowest BCUT2D eigenvalue weighted by molar-refractivity contribution is -0.136. The molecule has 3 atom stereocenters. The van der Waals surface area contributed by atoms with Crippen molar-refractivity contribution >= 4 is 23.4 Å². The number of imide groups is 1. The zero-order valence-electron chi connectivity index (χ0n) is 29.5. The summed E-state index contributed by atoms with van der Waals surface area (Å²) in [6.07, 6.45) is -7.40. The zero-order chi connectivity index (χ0) is 34.4. The lowest BCUT2D eigenvalue weighted by Gasteiger charge is -2.35. The average Bonchev–Trinajstić information content (AvgIpc) is 3.12. The van der Waals surface area contributed by atoms with Crippen LogP contribution in [-0.2, 0) is 33.8 Å². The summed E-state index contributed by atoms with van der Waals surface area (Å²) < 4.78 is 107. The van der Waals surface area contributed by atoms with Gasteiger partial charge < -0.3 is 15.0 Å². The van der Waals surface area contributed by atoms with Gasteiger partial charge in [-0.25, -0.2) is 4.39 Å². The zero-order valence-corrected chi connectivity index (χ0v) is 19.5. The summed E-state index contributed by atoms with van der Waals surface area (Å²) in [6, 6.07) is 4.69. The van der Waals surface area contributed by atoms with E-state index in [4.69, 9.17) is 18.4 Å². The molecule has 2 aromatic carbocycles. The predicted octanol–water partition coefficient (Wildman–Crippen LogP) is 2.81. The lowest BCUT2D eigenvalue weighted by atomic mass is 10.0. The highest BCUT2D eigenvalue weighted by molar-refractivity contribution is 6.06. The van der Waals surface area contributed by atoms with Gasteiger partial charge in [0.05, 0.1) is 17.7 Å². The van der Waals surface area contributed by atoms with Crippen LogP contribution in [0.3, 0.4) is 0 Å². The second-order valence-corrected chi connectivity index (χ2v) is 8.70. The first-order chi connectivity index (χ1) is 21.1. The second kappa shape index (κ2) is 9.99. The van der Waals surface area contributed by atoms with Gasteiger partial charge in [0.1, 0.15) is 11.9 Å². The molecule has 8 nitrogen and oxygen atoms in total. The molecule has 0 aromatic heterocycles. The fourth-order valence-electron chi connectivity index (χ4n) is 4.32. The molecule has 0 saturated carbocycles. The van der Waals surface area contributed by atoms with E-state index in [0.717, 1.165) is 12.1 Å². The van der Waals surface area contributed by atoms with Crippen LogP contribution in [0, 0.1) is 5.82 Å². The summed E-state index contributed by atoms with van der Waals surface area (Å²) in [7, 11) is 0. The summed E-state index contributed by atoms with van der Waals surface area (Å²) >= 11 is 0. The van der Waals surface area contributed by atoms with E-state index in [9.17, 15) is 14.4 Å². The Bertz CT molecular complexity index is 1610. The number of carbonyl (C=O) groups excluding carboxylic acids is 3. The standard InChI is InChI=1S/C27H31FN4O4/c1-16-12-31(13-17(2)36-16)14-19-6-3-5-18(25(19)28)11-29-22-8-4-7-20-21(22)15-32(27(20)35)23-9-10-24(33)30-26(23)34/h3-8,16-17,23,29H,9-15H2,1-2H3,(H,30,33,34)/i9D2,10D2,11D2,14D2,15D2. The largest absolute Gasteiger partial charge is 0.381 e. The van der Waals surface area contributed by atoms with Crippen LogP contribution in [0.25, 0.3) is 0 Å². The van der Waals surface area contributed by atoms with Crippen molar-refractivity contribution < 1.29 is 37.2 Å². The van der Waals surface area contributed by atoms with Gasteiger partial charge >= 0.3 is 0 Å². The fourth-order valence-corrected chi connectivity index (χ4v) is 4.32. The third-order valence-corrected chi connectivity index (χ3v) is 5.84. The summed E-state index contributed by atoms with van der Waals surface area (Å²) in [5.74, 6) is -5.47. The third kappa shape index (κ3) is 4.85. The minimum atomic E-state index is -3.38. The van der Waals surface area contributed by atoms with E-state index in [0.29, 0.717) is 0 Å². The van der Waals surface area contributed by atoms with Crippen molar-refractivity contribution in [2.45, 2.75) is 64.3 Å².